The third kappa shape index (κ3) is 6.10. The zero-order chi connectivity index (χ0) is 22.3. The van der Waals surface area contributed by atoms with Gasteiger partial charge < -0.3 is 15.5 Å². The Bertz CT molecular complexity index is 1070. The van der Waals surface area contributed by atoms with E-state index in [1.165, 1.54) is 11.9 Å². The molecule has 4 rings (SSSR count). The summed E-state index contributed by atoms with van der Waals surface area (Å²) in [6.45, 7) is 5.37. The maximum atomic E-state index is 12.0. The summed E-state index contributed by atoms with van der Waals surface area (Å²) in [7, 11) is 2.60. The standard InChI is InChI=1S/C23H29N7OS/c1-24-32(31)21-8-4-7-20(14-21)28-23-15-22(25-17-26-23)27-19-6-3-5-18(13-19)16-30-11-9-29(2)10-12-30/h3-8,13-15,17,24H,9-12,16H2,1-2H3,(H2,25,26,27,28). The molecule has 32 heavy (non-hydrogen) atoms. The minimum atomic E-state index is -1.24. The summed E-state index contributed by atoms with van der Waals surface area (Å²) in [4.78, 5) is 14.2. The number of benzene rings is 2. The predicted octanol–water partition coefficient (Wildman–Crippen LogP) is 2.95. The summed E-state index contributed by atoms with van der Waals surface area (Å²) in [6.07, 6.45) is 1.52. The minimum Gasteiger partial charge on any atom is -0.340 e. The maximum absolute atomic E-state index is 12.0. The van der Waals surface area contributed by atoms with Crippen molar-refractivity contribution in [2.24, 2.45) is 0 Å². The van der Waals surface area contributed by atoms with Crippen molar-refractivity contribution in [2.45, 2.75) is 11.4 Å². The number of piperazine rings is 1. The van der Waals surface area contributed by atoms with Crippen LogP contribution in [0.15, 0.2) is 65.8 Å². The Morgan fingerprint density at radius 2 is 1.56 bits per heavy atom. The predicted molar refractivity (Wildman–Crippen MR) is 130 cm³/mol. The third-order valence-corrected chi connectivity index (χ3v) is 6.43. The van der Waals surface area contributed by atoms with E-state index in [9.17, 15) is 4.21 Å². The monoisotopic (exact) mass is 451 g/mol. The average Bonchev–Trinajstić information content (AvgIpc) is 2.81. The first kappa shape index (κ1) is 22.3. The Hall–Kier alpha value is -2.85. The highest BCUT2D eigenvalue weighted by Crippen LogP contribution is 2.22. The number of nitrogens with one attached hydrogen (secondary N) is 3. The quantitative estimate of drug-likeness (QED) is 0.485. The van der Waals surface area contributed by atoms with E-state index < -0.39 is 11.0 Å². The zero-order valence-corrected chi connectivity index (χ0v) is 19.2. The second-order valence-corrected chi connectivity index (χ2v) is 9.24. The first-order chi connectivity index (χ1) is 15.6. The highest BCUT2D eigenvalue weighted by molar-refractivity contribution is 7.83. The molecule has 3 N–H and O–H groups in total. The van der Waals surface area contributed by atoms with Crippen LogP contribution in [0, 0.1) is 0 Å². The molecular formula is C23H29N7OS. The van der Waals surface area contributed by atoms with Gasteiger partial charge in [0.2, 0.25) is 0 Å². The Kier molecular flexibility index (Phi) is 7.43. The molecule has 2 aromatic carbocycles. The highest BCUT2D eigenvalue weighted by atomic mass is 32.2. The molecule has 1 unspecified atom stereocenters. The lowest BCUT2D eigenvalue weighted by atomic mass is 10.1. The lowest BCUT2D eigenvalue weighted by Crippen LogP contribution is -2.43. The number of rotatable bonds is 8. The Balaban J connectivity index is 1.41. The van der Waals surface area contributed by atoms with Crippen molar-refractivity contribution in [3.63, 3.8) is 0 Å². The number of anilines is 4. The van der Waals surface area contributed by atoms with Gasteiger partial charge in [-0.15, -0.1) is 0 Å². The van der Waals surface area contributed by atoms with E-state index in [0.717, 1.165) is 44.1 Å². The molecule has 2 heterocycles. The molecule has 168 valence electrons. The van der Waals surface area contributed by atoms with Crippen molar-refractivity contribution in [2.75, 3.05) is 50.9 Å². The van der Waals surface area contributed by atoms with Gasteiger partial charge in [-0.3, -0.25) is 4.90 Å². The van der Waals surface area contributed by atoms with E-state index in [2.05, 4.69) is 60.4 Å². The first-order valence-corrected chi connectivity index (χ1v) is 11.8. The van der Waals surface area contributed by atoms with E-state index in [-0.39, 0.29) is 0 Å². The van der Waals surface area contributed by atoms with E-state index >= 15 is 0 Å². The van der Waals surface area contributed by atoms with Crippen LogP contribution < -0.4 is 15.4 Å². The SMILES string of the molecule is CNS(=O)c1cccc(Nc2cc(Nc3cccc(CN4CCN(C)CC4)c3)ncn2)c1. The zero-order valence-electron chi connectivity index (χ0n) is 18.4. The molecule has 0 aliphatic carbocycles. The smallest absolute Gasteiger partial charge is 0.135 e. The van der Waals surface area contributed by atoms with E-state index in [1.807, 2.05) is 36.4 Å². The fourth-order valence-electron chi connectivity index (χ4n) is 3.61. The molecule has 1 aromatic heterocycles. The highest BCUT2D eigenvalue weighted by Gasteiger charge is 2.14. The van der Waals surface area contributed by atoms with Crippen molar-refractivity contribution >= 4 is 34.0 Å². The van der Waals surface area contributed by atoms with Gasteiger partial charge in [-0.05, 0) is 50.0 Å². The number of aromatic nitrogens is 2. The lowest BCUT2D eigenvalue weighted by molar-refractivity contribution is 0.148. The molecule has 1 atom stereocenters. The molecule has 1 saturated heterocycles. The van der Waals surface area contributed by atoms with Crippen LogP contribution in [0.25, 0.3) is 0 Å². The molecule has 0 spiro atoms. The van der Waals surface area contributed by atoms with E-state index in [0.29, 0.717) is 16.5 Å². The molecule has 3 aromatic rings. The third-order valence-electron chi connectivity index (χ3n) is 5.37. The second kappa shape index (κ2) is 10.6. The topological polar surface area (TPSA) is 85.4 Å². The molecule has 0 radical (unpaired) electrons. The summed E-state index contributed by atoms with van der Waals surface area (Å²) in [5.74, 6) is 1.36. The summed E-state index contributed by atoms with van der Waals surface area (Å²) >= 11 is 0. The maximum Gasteiger partial charge on any atom is 0.135 e. The van der Waals surface area contributed by atoms with Crippen molar-refractivity contribution < 1.29 is 4.21 Å². The van der Waals surface area contributed by atoms with Gasteiger partial charge in [0, 0.05) is 50.2 Å². The number of hydrogen-bond donors (Lipinski definition) is 3. The normalized spacial score (nSPS) is 15.9. The number of hydrogen-bond acceptors (Lipinski definition) is 7. The summed E-state index contributed by atoms with van der Waals surface area (Å²) in [5, 5.41) is 6.63. The van der Waals surface area contributed by atoms with E-state index in [4.69, 9.17) is 0 Å². The van der Waals surface area contributed by atoms with Crippen LogP contribution in [0.3, 0.4) is 0 Å². The Morgan fingerprint density at radius 1 is 0.906 bits per heavy atom. The summed E-state index contributed by atoms with van der Waals surface area (Å²) < 4.78 is 14.7. The molecule has 0 bridgehead atoms. The van der Waals surface area contributed by atoms with Crippen LogP contribution in [-0.4, -0.2) is 64.3 Å². The first-order valence-electron chi connectivity index (χ1n) is 10.6. The average molecular weight is 452 g/mol. The van der Waals surface area contributed by atoms with Crippen molar-refractivity contribution in [1.82, 2.24) is 24.5 Å². The Labute approximate surface area is 191 Å². The van der Waals surface area contributed by atoms with Gasteiger partial charge in [0.15, 0.2) is 0 Å². The van der Waals surface area contributed by atoms with Gasteiger partial charge in [0.05, 0.1) is 4.90 Å². The summed E-state index contributed by atoms with van der Waals surface area (Å²) in [5.41, 5.74) is 3.08. The van der Waals surface area contributed by atoms with E-state index in [1.54, 1.807) is 7.05 Å². The van der Waals surface area contributed by atoms with Gasteiger partial charge in [-0.2, -0.15) is 0 Å². The van der Waals surface area contributed by atoms with Gasteiger partial charge in [-0.25, -0.2) is 18.9 Å². The number of likely N-dealkylation sites (N-methyl/N-ethyl adjacent to an activating group) is 1. The molecular weight excluding hydrogens is 422 g/mol. The van der Waals surface area contributed by atoms with Crippen LogP contribution in [-0.2, 0) is 17.5 Å². The van der Waals surface area contributed by atoms with Crippen LogP contribution in [0.4, 0.5) is 23.0 Å². The van der Waals surface area contributed by atoms with Crippen LogP contribution in [0.2, 0.25) is 0 Å². The lowest BCUT2D eigenvalue weighted by Gasteiger charge is -2.32. The number of nitrogens with zero attached hydrogens (tertiary/aromatic N) is 4. The van der Waals surface area contributed by atoms with Crippen LogP contribution in [0.1, 0.15) is 5.56 Å². The fourth-order valence-corrected chi connectivity index (χ4v) is 4.28. The second-order valence-electron chi connectivity index (χ2n) is 7.82. The minimum absolute atomic E-state index is 0.656. The van der Waals surface area contributed by atoms with Gasteiger partial charge in [0.25, 0.3) is 0 Å². The fraction of sp³-hybridized carbons (Fsp3) is 0.304. The van der Waals surface area contributed by atoms with Crippen molar-refractivity contribution in [3.05, 3.63) is 66.5 Å². The molecule has 1 aliphatic heterocycles. The van der Waals surface area contributed by atoms with Gasteiger partial charge in [0.1, 0.15) is 28.9 Å². The molecule has 1 fully saturated rings. The molecule has 0 saturated carbocycles. The molecule has 0 amide bonds. The molecule has 8 nitrogen and oxygen atoms in total. The van der Waals surface area contributed by atoms with Gasteiger partial charge in [-0.1, -0.05) is 18.2 Å². The van der Waals surface area contributed by atoms with Crippen molar-refractivity contribution in [1.29, 1.82) is 0 Å². The van der Waals surface area contributed by atoms with Crippen LogP contribution >= 0.6 is 0 Å². The summed E-state index contributed by atoms with van der Waals surface area (Å²) in [6, 6.07) is 17.7. The van der Waals surface area contributed by atoms with Crippen molar-refractivity contribution in [3.8, 4) is 0 Å². The largest absolute Gasteiger partial charge is 0.340 e. The van der Waals surface area contributed by atoms with Crippen LogP contribution in [0.5, 0.6) is 0 Å². The Morgan fingerprint density at radius 3 is 2.25 bits per heavy atom. The molecule has 1 aliphatic rings. The molecule has 9 heteroatoms. The van der Waals surface area contributed by atoms with Gasteiger partial charge >= 0.3 is 0 Å².